The summed E-state index contributed by atoms with van der Waals surface area (Å²) < 4.78 is 39.5. The second kappa shape index (κ2) is 7.63. The van der Waals surface area contributed by atoms with E-state index in [0.29, 0.717) is 32.4 Å². The fourth-order valence-electron chi connectivity index (χ4n) is 4.90. The molecule has 4 rings (SSSR count). The smallest absolute Gasteiger partial charge is 0.390 e. The molecule has 156 valence electrons. The Hall–Kier alpha value is -2.09. The van der Waals surface area contributed by atoms with E-state index in [0.717, 1.165) is 11.6 Å². The van der Waals surface area contributed by atoms with Gasteiger partial charge in [-0.25, -0.2) is 0 Å². The van der Waals surface area contributed by atoms with Crippen molar-refractivity contribution >= 4 is 5.69 Å². The molecule has 0 bridgehead atoms. The van der Waals surface area contributed by atoms with Gasteiger partial charge >= 0.3 is 6.18 Å². The molecule has 0 amide bonds. The second-order valence-electron chi connectivity index (χ2n) is 8.33. The molecule has 1 saturated carbocycles. The molecule has 2 aliphatic rings. The van der Waals surface area contributed by atoms with Crippen LogP contribution in [0.25, 0.3) is 0 Å². The van der Waals surface area contributed by atoms with Crippen molar-refractivity contribution < 1.29 is 23.4 Å². The van der Waals surface area contributed by atoms with Gasteiger partial charge in [0.25, 0.3) is 0 Å². The number of rotatable bonds is 5. The van der Waals surface area contributed by atoms with E-state index in [1.54, 1.807) is 4.90 Å². The predicted molar refractivity (Wildman–Crippen MR) is 104 cm³/mol. The van der Waals surface area contributed by atoms with Crippen LogP contribution in [-0.4, -0.2) is 40.2 Å². The van der Waals surface area contributed by atoms with E-state index in [9.17, 15) is 23.4 Å². The number of fused-ring (bicyclic) bond motifs is 1. The molecule has 0 radical (unpaired) electrons. The lowest BCUT2D eigenvalue weighted by Gasteiger charge is -2.29. The minimum atomic E-state index is -4.49. The summed E-state index contributed by atoms with van der Waals surface area (Å²) in [5.74, 6) is 0.441. The third-order valence-electron chi connectivity index (χ3n) is 6.13. The van der Waals surface area contributed by atoms with Gasteiger partial charge in [-0.3, -0.25) is 4.90 Å². The van der Waals surface area contributed by atoms with Gasteiger partial charge in [-0.2, -0.15) is 13.2 Å². The number of nitrogens with one attached hydrogen (secondary N) is 1. The van der Waals surface area contributed by atoms with Gasteiger partial charge in [0, 0.05) is 25.2 Å². The number of alkyl halides is 3. The second-order valence-corrected chi connectivity index (χ2v) is 8.33. The Morgan fingerprint density at radius 3 is 2.21 bits per heavy atom. The highest BCUT2D eigenvalue weighted by Gasteiger charge is 2.49. The molecule has 1 saturated heterocycles. The number of anilines is 1. The van der Waals surface area contributed by atoms with Crippen LogP contribution >= 0.6 is 0 Å². The quantitative estimate of drug-likeness (QED) is 0.663. The Kier molecular flexibility index (Phi) is 5.31. The first kappa shape index (κ1) is 20.2. The number of aliphatic hydroxyl groups excluding tert-OH is 1. The van der Waals surface area contributed by atoms with Gasteiger partial charge in [-0.1, -0.05) is 42.5 Å². The normalized spacial score (nSPS) is 28.3. The van der Waals surface area contributed by atoms with Gasteiger partial charge in [-0.05, 0) is 42.4 Å². The third-order valence-corrected chi connectivity index (χ3v) is 6.13. The van der Waals surface area contributed by atoms with Crippen LogP contribution in [0.4, 0.5) is 18.9 Å². The maximum atomic E-state index is 13.2. The van der Waals surface area contributed by atoms with E-state index in [4.69, 9.17) is 0 Å². The number of hydrogen-bond acceptors (Lipinski definition) is 4. The van der Waals surface area contributed by atoms with Gasteiger partial charge in [0.05, 0.1) is 11.2 Å². The summed E-state index contributed by atoms with van der Waals surface area (Å²) in [7, 11) is 0. The van der Waals surface area contributed by atoms with Gasteiger partial charge in [0.2, 0.25) is 0 Å². The number of benzene rings is 2. The average Bonchev–Trinajstić information content (AvgIpc) is 3.17. The van der Waals surface area contributed by atoms with Crippen LogP contribution in [0.5, 0.6) is 0 Å². The number of likely N-dealkylation sites (tertiary alicyclic amines) is 1. The summed E-state index contributed by atoms with van der Waals surface area (Å²) in [6, 6.07) is 15.0. The zero-order valence-electron chi connectivity index (χ0n) is 15.9. The molecular formula is C22H25F3N2O2. The molecule has 2 aromatic rings. The van der Waals surface area contributed by atoms with Gasteiger partial charge < -0.3 is 15.5 Å². The Morgan fingerprint density at radius 1 is 1.00 bits per heavy atom. The van der Waals surface area contributed by atoms with E-state index >= 15 is 0 Å². The van der Waals surface area contributed by atoms with Crippen LogP contribution < -0.4 is 5.32 Å². The highest BCUT2D eigenvalue weighted by molar-refractivity contribution is 5.52. The minimum Gasteiger partial charge on any atom is -0.390 e. The number of halogens is 3. The van der Waals surface area contributed by atoms with Crippen molar-refractivity contribution in [1.82, 2.24) is 4.90 Å². The van der Waals surface area contributed by atoms with Gasteiger partial charge in [0.15, 0.2) is 6.35 Å². The minimum absolute atomic E-state index is 0.134. The summed E-state index contributed by atoms with van der Waals surface area (Å²) in [5.41, 5.74) is -0.595. The molecule has 4 nitrogen and oxygen atoms in total. The van der Waals surface area contributed by atoms with E-state index < -0.39 is 23.7 Å². The lowest BCUT2D eigenvalue weighted by atomic mass is 9.91. The zero-order valence-corrected chi connectivity index (χ0v) is 15.9. The molecule has 1 heterocycles. The predicted octanol–water partition coefficient (Wildman–Crippen LogP) is 3.71. The topological polar surface area (TPSA) is 55.7 Å². The summed E-state index contributed by atoms with van der Waals surface area (Å²) in [6.45, 7) is 1.09. The first-order chi connectivity index (χ1) is 13.7. The van der Waals surface area contributed by atoms with E-state index in [2.05, 4.69) is 5.32 Å². The molecule has 4 atom stereocenters. The van der Waals surface area contributed by atoms with E-state index in [-0.39, 0.29) is 17.5 Å². The number of nitrogens with zero attached hydrogens (tertiary/aromatic N) is 1. The number of para-hydroxylation sites is 1. The summed E-state index contributed by atoms with van der Waals surface area (Å²) in [6.07, 6.45) is -3.82. The molecule has 1 aliphatic carbocycles. The first-order valence-corrected chi connectivity index (χ1v) is 9.85. The van der Waals surface area contributed by atoms with Crippen LogP contribution in [0.2, 0.25) is 0 Å². The summed E-state index contributed by atoms with van der Waals surface area (Å²) in [5, 5.41) is 24.1. The van der Waals surface area contributed by atoms with E-state index in [1.807, 2.05) is 30.3 Å². The molecule has 0 spiro atoms. The Labute approximate surface area is 168 Å². The molecule has 29 heavy (non-hydrogen) atoms. The fourth-order valence-corrected chi connectivity index (χ4v) is 4.90. The van der Waals surface area contributed by atoms with Crippen molar-refractivity contribution in [2.75, 3.05) is 18.4 Å². The average molecular weight is 406 g/mol. The van der Waals surface area contributed by atoms with Crippen molar-refractivity contribution in [3.63, 3.8) is 0 Å². The summed E-state index contributed by atoms with van der Waals surface area (Å²) in [4.78, 5) is 1.75. The fraction of sp³-hybridized carbons (Fsp3) is 0.455. The maximum Gasteiger partial charge on any atom is 0.418 e. The molecule has 3 N–H and O–H groups in total. The highest BCUT2D eigenvalue weighted by atomic mass is 19.4. The molecule has 1 aliphatic heterocycles. The molecular weight excluding hydrogens is 381 g/mol. The van der Waals surface area contributed by atoms with Crippen LogP contribution in [0.1, 0.15) is 24.0 Å². The van der Waals surface area contributed by atoms with Crippen LogP contribution in [-0.2, 0) is 12.6 Å². The molecule has 0 aromatic heterocycles. The van der Waals surface area contributed by atoms with Crippen LogP contribution in [0.3, 0.4) is 0 Å². The third kappa shape index (κ3) is 4.42. The van der Waals surface area contributed by atoms with Gasteiger partial charge in [0.1, 0.15) is 0 Å². The maximum absolute atomic E-state index is 13.2. The Morgan fingerprint density at radius 2 is 1.59 bits per heavy atom. The van der Waals surface area contributed by atoms with Crippen LogP contribution in [0, 0.1) is 11.8 Å². The molecule has 7 heteroatoms. The monoisotopic (exact) mass is 406 g/mol. The van der Waals surface area contributed by atoms with Crippen molar-refractivity contribution in [3.05, 3.63) is 65.7 Å². The molecule has 2 unspecified atom stereocenters. The number of hydrogen-bond donors (Lipinski definition) is 3. The standard InChI is InChI=1S/C22H25F3N2O2/c23-22(24,25)18-8-4-5-9-19(18)26-20(28)27-13-16-11-21(29,12-17(16)14-27)10-15-6-2-1-3-7-15/h1-9,16-17,20,26,28-29H,10-14H2/t16-,17+,20?,21?. The SMILES string of the molecule is OC(Nc1ccccc1C(F)(F)F)N1C[C@@H]2CC(O)(Cc3ccccc3)C[C@@H]2C1. The largest absolute Gasteiger partial charge is 0.418 e. The Balaban J connectivity index is 1.37. The molecule has 2 aromatic carbocycles. The first-order valence-electron chi connectivity index (χ1n) is 9.85. The number of aliphatic hydroxyl groups is 2. The summed E-state index contributed by atoms with van der Waals surface area (Å²) >= 11 is 0. The van der Waals surface area contributed by atoms with Gasteiger partial charge in [-0.15, -0.1) is 0 Å². The lowest BCUT2D eigenvalue weighted by molar-refractivity contribution is -0.137. The van der Waals surface area contributed by atoms with Crippen molar-refractivity contribution in [3.8, 4) is 0 Å². The zero-order chi connectivity index (χ0) is 20.6. The Bertz CT molecular complexity index is 829. The van der Waals surface area contributed by atoms with Crippen molar-refractivity contribution in [2.24, 2.45) is 11.8 Å². The van der Waals surface area contributed by atoms with Crippen molar-refractivity contribution in [1.29, 1.82) is 0 Å². The molecule has 2 fully saturated rings. The van der Waals surface area contributed by atoms with Crippen molar-refractivity contribution in [2.45, 2.75) is 37.4 Å². The lowest BCUT2D eigenvalue weighted by Crippen LogP contribution is -2.41. The van der Waals surface area contributed by atoms with Crippen LogP contribution in [0.15, 0.2) is 54.6 Å². The highest BCUT2D eigenvalue weighted by Crippen LogP contribution is 2.45. The van der Waals surface area contributed by atoms with E-state index in [1.165, 1.54) is 18.2 Å².